The number of carbonyl (C=O) groups excluding carboxylic acids is 2. The third-order valence-electron chi connectivity index (χ3n) is 6.45. The average Bonchev–Trinajstić information content (AvgIpc) is 2.68. The number of anilines is 1. The molecule has 146 valence electrons. The molecule has 3 aliphatic carbocycles. The molecule has 1 heterocycles. The van der Waals surface area contributed by atoms with E-state index >= 15 is 0 Å². The summed E-state index contributed by atoms with van der Waals surface area (Å²) in [5.74, 6) is 0.795. The normalized spacial score (nSPS) is 31.1. The van der Waals surface area contributed by atoms with Crippen molar-refractivity contribution in [3.63, 3.8) is 0 Å². The Labute approximate surface area is 160 Å². The van der Waals surface area contributed by atoms with Crippen molar-refractivity contribution >= 4 is 17.5 Å². The molecule has 0 aromatic heterocycles. The number of amides is 2. The minimum Gasteiger partial charge on any atom is -0.382 e. The van der Waals surface area contributed by atoms with Crippen molar-refractivity contribution < 1.29 is 14.3 Å². The molecule has 4 atom stereocenters. The van der Waals surface area contributed by atoms with Crippen molar-refractivity contribution in [2.24, 2.45) is 17.8 Å². The lowest BCUT2D eigenvalue weighted by Gasteiger charge is -2.56. The van der Waals surface area contributed by atoms with Crippen LogP contribution in [0.4, 0.5) is 5.69 Å². The Hall–Kier alpha value is -2.08. The molecule has 3 saturated carbocycles. The van der Waals surface area contributed by atoms with Gasteiger partial charge in [0.05, 0.1) is 5.56 Å². The number of para-hydroxylation sites is 1. The highest BCUT2D eigenvalue weighted by molar-refractivity contribution is 6.02. The van der Waals surface area contributed by atoms with E-state index in [-0.39, 0.29) is 23.7 Å². The maximum absolute atomic E-state index is 12.7. The van der Waals surface area contributed by atoms with Crippen molar-refractivity contribution in [2.75, 3.05) is 25.1 Å². The summed E-state index contributed by atoms with van der Waals surface area (Å²) in [6.45, 7) is 4.04. The van der Waals surface area contributed by atoms with E-state index in [2.05, 4.69) is 16.0 Å². The molecule has 1 aromatic carbocycles. The lowest BCUT2D eigenvalue weighted by Crippen LogP contribution is -2.68. The van der Waals surface area contributed by atoms with Crippen LogP contribution in [-0.4, -0.2) is 37.2 Å². The second-order valence-corrected chi connectivity index (χ2v) is 8.02. The summed E-state index contributed by atoms with van der Waals surface area (Å²) in [5.41, 5.74) is 1.21. The largest absolute Gasteiger partial charge is 0.382 e. The molecule has 27 heavy (non-hydrogen) atoms. The van der Waals surface area contributed by atoms with Gasteiger partial charge in [-0.2, -0.15) is 0 Å². The second-order valence-electron chi connectivity index (χ2n) is 8.02. The smallest absolute Gasteiger partial charge is 0.255 e. The maximum Gasteiger partial charge on any atom is 0.255 e. The number of hydrogen-bond acceptors (Lipinski definition) is 4. The first-order valence-electron chi connectivity index (χ1n) is 10.2. The number of rotatable bonds is 6. The molecule has 2 amide bonds. The summed E-state index contributed by atoms with van der Waals surface area (Å²) < 4.78 is 5.32. The summed E-state index contributed by atoms with van der Waals surface area (Å²) in [6.07, 6.45) is 4.60. The monoisotopic (exact) mass is 371 g/mol. The van der Waals surface area contributed by atoms with Crippen LogP contribution in [0.15, 0.2) is 24.3 Å². The molecule has 0 radical (unpaired) electrons. The Balaban J connectivity index is 1.41. The summed E-state index contributed by atoms with van der Waals surface area (Å²) in [5, 5.41) is 9.95. The van der Waals surface area contributed by atoms with Gasteiger partial charge in [-0.1, -0.05) is 12.1 Å². The molecule has 0 saturated heterocycles. The van der Waals surface area contributed by atoms with Crippen LogP contribution < -0.4 is 16.0 Å². The molecule has 4 aliphatic rings. The van der Waals surface area contributed by atoms with Gasteiger partial charge in [-0.3, -0.25) is 9.59 Å². The molecule has 3 fully saturated rings. The van der Waals surface area contributed by atoms with Gasteiger partial charge < -0.3 is 20.7 Å². The highest BCUT2D eigenvalue weighted by Gasteiger charge is 2.55. The van der Waals surface area contributed by atoms with Crippen molar-refractivity contribution in [2.45, 2.75) is 44.7 Å². The first-order valence-corrected chi connectivity index (χ1v) is 10.2. The fourth-order valence-electron chi connectivity index (χ4n) is 5.13. The molecular weight excluding hydrogens is 342 g/mol. The number of nitrogens with one attached hydrogen (secondary N) is 3. The van der Waals surface area contributed by atoms with Crippen LogP contribution in [0, 0.1) is 17.8 Å². The summed E-state index contributed by atoms with van der Waals surface area (Å²) >= 11 is 0. The fourth-order valence-corrected chi connectivity index (χ4v) is 5.13. The quantitative estimate of drug-likeness (QED) is 0.672. The highest BCUT2D eigenvalue weighted by atomic mass is 16.5. The van der Waals surface area contributed by atoms with Gasteiger partial charge in [0.1, 0.15) is 5.66 Å². The zero-order valence-corrected chi connectivity index (χ0v) is 15.9. The third-order valence-corrected chi connectivity index (χ3v) is 6.45. The molecule has 3 N–H and O–H groups in total. The number of hydrogen-bond donors (Lipinski definition) is 3. The van der Waals surface area contributed by atoms with Gasteiger partial charge in [0, 0.05) is 37.3 Å². The van der Waals surface area contributed by atoms with Gasteiger partial charge in [0.2, 0.25) is 5.91 Å². The van der Waals surface area contributed by atoms with E-state index in [0.717, 1.165) is 37.8 Å². The molecule has 6 heteroatoms. The minimum absolute atomic E-state index is 0.00572. The summed E-state index contributed by atoms with van der Waals surface area (Å²) in [7, 11) is 0. The molecule has 1 spiro atoms. The van der Waals surface area contributed by atoms with Crippen LogP contribution in [0.25, 0.3) is 0 Å². The molecule has 1 aliphatic heterocycles. The van der Waals surface area contributed by atoms with Gasteiger partial charge in [-0.05, 0) is 57.1 Å². The fraction of sp³-hybridized carbons (Fsp3) is 0.619. The number of benzene rings is 1. The van der Waals surface area contributed by atoms with Gasteiger partial charge in [-0.15, -0.1) is 0 Å². The van der Waals surface area contributed by atoms with E-state index in [9.17, 15) is 9.59 Å². The lowest BCUT2D eigenvalue weighted by atomic mass is 9.58. The first-order chi connectivity index (χ1) is 13.1. The van der Waals surface area contributed by atoms with Gasteiger partial charge in [0.25, 0.3) is 5.91 Å². The average molecular weight is 371 g/mol. The van der Waals surface area contributed by atoms with E-state index in [4.69, 9.17) is 4.74 Å². The number of fused-ring (bicyclic) bond motifs is 3. The van der Waals surface area contributed by atoms with Crippen molar-refractivity contribution in [3.05, 3.63) is 29.8 Å². The zero-order chi connectivity index (χ0) is 18.9. The predicted octanol–water partition coefficient (Wildman–Crippen LogP) is 2.52. The Morgan fingerprint density at radius 3 is 2.93 bits per heavy atom. The standard InChI is InChI=1S/C21H29N3O3/c1-2-27-11-5-10-22-19(25)17-12-15-9-8-14(17)13-21(15)23-18-7-4-3-6-16(18)20(26)24-21/h3-4,6-7,14-15,17,23H,2,5,8-13H2,1H3,(H,22,25)(H,24,26)/t14-,15+,17+,21-/m1/s1. The first kappa shape index (κ1) is 18.3. The van der Waals surface area contributed by atoms with E-state index in [0.29, 0.717) is 31.2 Å². The Morgan fingerprint density at radius 1 is 1.30 bits per heavy atom. The van der Waals surface area contributed by atoms with Gasteiger partial charge in [-0.25, -0.2) is 0 Å². The van der Waals surface area contributed by atoms with Crippen molar-refractivity contribution in [3.8, 4) is 0 Å². The lowest BCUT2D eigenvalue weighted by molar-refractivity contribution is -0.132. The van der Waals surface area contributed by atoms with Gasteiger partial charge in [0.15, 0.2) is 0 Å². The molecule has 6 nitrogen and oxygen atoms in total. The van der Waals surface area contributed by atoms with E-state index in [1.807, 2.05) is 31.2 Å². The molecular formula is C21H29N3O3. The molecule has 1 aromatic rings. The van der Waals surface area contributed by atoms with E-state index in [1.54, 1.807) is 0 Å². The van der Waals surface area contributed by atoms with E-state index in [1.165, 1.54) is 0 Å². The van der Waals surface area contributed by atoms with Crippen molar-refractivity contribution in [1.29, 1.82) is 0 Å². The van der Waals surface area contributed by atoms with Crippen LogP contribution >= 0.6 is 0 Å². The van der Waals surface area contributed by atoms with E-state index < -0.39 is 5.66 Å². The number of carbonyl (C=O) groups is 2. The van der Waals surface area contributed by atoms with Crippen LogP contribution in [0.3, 0.4) is 0 Å². The zero-order valence-electron chi connectivity index (χ0n) is 15.9. The predicted molar refractivity (Wildman–Crippen MR) is 103 cm³/mol. The summed E-state index contributed by atoms with van der Waals surface area (Å²) in [4.78, 5) is 25.3. The Kier molecular flexibility index (Phi) is 5.08. The molecule has 0 unspecified atom stereocenters. The SMILES string of the molecule is CCOCCCNC(=O)[C@H]1C[C@@H]2CC[C@@H]1C[C@@]21NC(=O)c2ccccc2N1. The topological polar surface area (TPSA) is 79.5 Å². The highest BCUT2D eigenvalue weighted by Crippen LogP contribution is 2.51. The Bertz CT molecular complexity index is 722. The Morgan fingerprint density at radius 2 is 2.15 bits per heavy atom. The van der Waals surface area contributed by atoms with Gasteiger partial charge >= 0.3 is 0 Å². The van der Waals surface area contributed by atoms with Crippen LogP contribution in [0.1, 0.15) is 49.4 Å². The van der Waals surface area contributed by atoms with Crippen LogP contribution in [-0.2, 0) is 9.53 Å². The third kappa shape index (κ3) is 3.43. The van der Waals surface area contributed by atoms with Crippen LogP contribution in [0.5, 0.6) is 0 Å². The second kappa shape index (κ2) is 7.50. The minimum atomic E-state index is -0.403. The molecule has 2 bridgehead atoms. The van der Waals surface area contributed by atoms with Crippen LogP contribution in [0.2, 0.25) is 0 Å². The maximum atomic E-state index is 12.7. The van der Waals surface area contributed by atoms with Crippen molar-refractivity contribution in [1.82, 2.24) is 10.6 Å². The molecule has 5 rings (SSSR count). The summed E-state index contributed by atoms with van der Waals surface area (Å²) in [6, 6.07) is 7.67. The number of ether oxygens (including phenoxy) is 1.